The van der Waals surface area contributed by atoms with Gasteiger partial charge in [0, 0.05) is 20.3 Å². The predicted molar refractivity (Wildman–Crippen MR) is 62.3 cm³/mol. The van der Waals surface area contributed by atoms with Crippen molar-refractivity contribution in [2.75, 3.05) is 6.61 Å². The van der Waals surface area contributed by atoms with Crippen molar-refractivity contribution in [1.82, 2.24) is 10.6 Å². The average molecular weight is 258 g/mol. The van der Waals surface area contributed by atoms with E-state index in [0.29, 0.717) is 0 Å². The molecule has 3 amide bonds. The quantitative estimate of drug-likeness (QED) is 0.625. The highest BCUT2D eigenvalue weighted by molar-refractivity contribution is 5.94. The zero-order valence-electron chi connectivity index (χ0n) is 10.7. The second-order valence-corrected chi connectivity index (χ2v) is 3.65. The molecule has 0 aromatic heterocycles. The normalized spacial score (nSPS) is 11.3. The molecule has 0 radical (unpaired) electrons. The van der Waals surface area contributed by atoms with Gasteiger partial charge < -0.3 is 10.1 Å². The second kappa shape index (κ2) is 8.21. The van der Waals surface area contributed by atoms with Crippen LogP contribution in [-0.2, 0) is 23.9 Å². The van der Waals surface area contributed by atoms with Crippen LogP contribution >= 0.6 is 0 Å². The summed E-state index contributed by atoms with van der Waals surface area (Å²) in [5, 5.41) is 4.47. The molecule has 0 aromatic carbocycles. The molecule has 0 aliphatic rings. The maximum atomic E-state index is 11.5. The Kier molecular flexibility index (Phi) is 7.34. The molecular formula is C11H18N2O5. The van der Waals surface area contributed by atoms with Gasteiger partial charge in [-0.2, -0.15) is 0 Å². The van der Waals surface area contributed by atoms with E-state index in [1.54, 1.807) is 6.92 Å². The number of amides is 3. The van der Waals surface area contributed by atoms with Crippen LogP contribution in [0.2, 0.25) is 0 Å². The van der Waals surface area contributed by atoms with E-state index in [9.17, 15) is 19.2 Å². The molecule has 0 heterocycles. The fourth-order valence-corrected chi connectivity index (χ4v) is 1.27. The van der Waals surface area contributed by atoms with Gasteiger partial charge in [-0.25, -0.2) is 4.79 Å². The minimum absolute atomic E-state index is 0.0522. The number of esters is 1. The third-order valence-electron chi connectivity index (χ3n) is 1.92. The summed E-state index contributed by atoms with van der Waals surface area (Å²) in [7, 11) is 0. The topological polar surface area (TPSA) is 102 Å². The summed E-state index contributed by atoms with van der Waals surface area (Å²) in [6.07, 6.45) is 0.0286. The highest BCUT2D eigenvalue weighted by Crippen LogP contribution is 2.01. The molecule has 0 aromatic rings. The zero-order valence-corrected chi connectivity index (χ0v) is 10.7. The van der Waals surface area contributed by atoms with Crippen LogP contribution < -0.4 is 10.6 Å². The standard InChI is InChI=1S/C11H18N2O5/c1-4-18-11(17)9(12-7(2)14)5-6-10(16)13-8(3)15/h9H,4-6H2,1-3H3,(H,12,14)(H,13,15,16). The molecular weight excluding hydrogens is 240 g/mol. The van der Waals surface area contributed by atoms with Gasteiger partial charge in [-0.1, -0.05) is 0 Å². The van der Waals surface area contributed by atoms with Gasteiger partial charge in [0.05, 0.1) is 6.61 Å². The zero-order chi connectivity index (χ0) is 14.1. The Morgan fingerprint density at radius 3 is 2.17 bits per heavy atom. The molecule has 7 heteroatoms. The van der Waals surface area contributed by atoms with Gasteiger partial charge in [0.1, 0.15) is 6.04 Å². The molecule has 0 bridgehead atoms. The van der Waals surface area contributed by atoms with Crippen LogP contribution in [0.25, 0.3) is 0 Å². The largest absolute Gasteiger partial charge is 0.464 e. The molecule has 0 fully saturated rings. The van der Waals surface area contributed by atoms with E-state index < -0.39 is 23.8 Å². The fraction of sp³-hybridized carbons (Fsp3) is 0.636. The van der Waals surface area contributed by atoms with Crippen molar-refractivity contribution in [3.63, 3.8) is 0 Å². The smallest absolute Gasteiger partial charge is 0.328 e. The minimum atomic E-state index is -0.875. The van der Waals surface area contributed by atoms with Gasteiger partial charge in [-0.3, -0.25) is 19.7 Å². The lowest BCUT2D eigenvalue weighted by molar-refractivity contribution is -0.147. The first kappa shape index (κ1) is 16.1. The molecule has 102 valence electrons. The summed E-state index contributed by atoms with van der Waals surface area (Å²) in [4.78, 5) is 44.2. The molecule has 7 nitrogen and oxygen atoms in total. The Morgan fingerprint density at radius 1 is 1.11 bits per heavy atom. The number of hydrogen-bond donors (Lipinski definition) is 2. The summed E-state index contributed by atoms with van der Waals surface area (Å²) in [5.41, 5.74) is 0. The Bertz CT molecular complexity index is 340. The summed E-state index contributed by atoms with van der Waals surface area (Å²) in [6, 6.07) is -0.875. The third-order valence-corrected chi connectivity index (χ3v) is 1.92. The van der Waals surface area contributed by atoms with E-state index in [0.717, 1.165) is 0 Å². The highest BCUT2D eigenvalue weighted by Gasteiger charge is 2.21. The molecule has 18 heavy (non-hydrogen) atoms. The van der Waals surface area contributed by atoms with Crippen LogP contribution in [0.5, 0.6) is 0 Å². The Labute approximate surface area is 105 Å². The molecule has 0 aliphatic heterocycles. The monoisotopic (exact) mass is 258 g/mol. The molecule has 0 spiro atoms. The van der Waals surface area contributed by atoms with Crippen LogP contribution in [0.4, 0.5) is 0 Å². The molecule has 0 saturated carbocycles. The maximum absolute atomic E-state index is 11.5. The van der Waals surface area contributed by atoms with Gasteiger partial charge in [-0.15, -0.1) is 0 Å². The number of carbonyl (C=O) groups is 4. The molecule has 0 aliphatic carbocycles. The molecule has 2 N–H and O–H groups in total. The summed E-state index contributed by atoms with van der Waals surface area (Å²) < 4.78 is 4.77. The van der Waals surface area contributed by atoms with E-state index >= 15 is 0 Å². The lowest BCUT2D eigenvalue weighted by Crippen LogP contribution is -2.41. The lowest BCUT2D eigenvalue weighted by Gasteiger charge is -2.15. The summed E-state index contributed by atoms with van der Waals surface area (Å²) in [5.74, 6) is -1.95. The molecule has 0 saturated heterocycles. The van der Waals surface area contributed by atoms with Gasteiger partial charge in [0.2, 0.25) is 17.7 Å². The minimum Gasteiger partial charge on any atom is -0.464 e. The average Bonchev–Trinajstić information content (AvgIpc) is 2.22. The molecule has 1 atom stereocenters. The second-order valence-electron chi connectivity index (χ2n) is 3.65. The number of imide groups is 1. The van der Waals surface area contributed by atoms with E-state index in [2.05, 4.69) is 10.6 Å². The SMILES string of the molecule is CCOC(=O)C(CCC(=O)NC(C)=O)NC(C)=O. The van der Waals surface area contributed by atoms with E-state index in [4.69, 9.17) is 4.74 Å². The van der Waals surface area contributed by atoms with Gasteiger partial charge in [0.15, 0.2) is 0 Å². The van der Waals surface area contributed by atoms with E-state index in [1.807, 2.05) is 0 Å². The number of ether oxygens (including phenoxy) is 1. The Morgan fingerprint density at radius 2 is 1.72 bits per heavy atom. The summed E-state index contributed by atoms with van der Waals surface area (Å²) >= 11 is 0. The van der Waals surface area contributed by atoms with Crippen molar-refractivity contribution in [1.29, 1.82) is 0 Å². The van der Waals surface area contributed by atoms with Crippen LogP contribution in [0.15, 0.2) is 0 Å². The van der Waals surface area contributed by atoms with Crippen LogP contribution in [0.1, 0.15) is 33.6 Å². The predicted octanol–water partition coefficient (Wildman–Crippen LogP) is -0.503. The van der Waals surface area contributed by atoms with Gasteiger partial charge in [-0.05, 0) is 13.3 Å². The molecule has 1 unspecified atom stereocenters. The van der Waals surface area contributed by atoms with E-state index in [-0.39, 0.29) is 25.4 Å². The maximum Gasteiger partial charge on any atom is 0.328 e. The lowest BCUT2D eigenvalue weighted by atomic mass is 10.1. The first-order chi connectivity index (χ1) is 8.36. The number of carbonyl (C=O) groups excluding carboxylic acids is 4. The highest BCUT2D eigenvalue weighted by atomic mass is 16.5. The molecule has 0 rings (SSSR count). The van der Waals surface area contributed by atoms with Crippen molar-refractivity contribution in [3.8, 4) is 0 Å². The van der Waals surface area contributed by atoms with Crippen molar-refractivity contribution >= 4 is 23.7 Å². The van der Waals surface area contributed by atoms with E-state index in [1.165, 1.54) is 13.8 Å². The first-order valence-corrected chi connectivity index (χ1v) is 5.61. The van der Waals surface area contributed by atoms with Crippen molar-refractivity contribution in [2.24, 2.45) is 0 Å². The Balaban J connectivity index is 4.32. The fourth-order valence-electron chi connectivity index (χ4n) is 1.27. The van der Waals surface area contributed by atoms with Crippen molar-refractivity contribution < 1.29 is 23.9 Å². The number of rotatable bonds is 6. The van der Waals surface area contributed by atoms with Crippen LogP contribution in [-0.4, -0.2) is 36.3 Å². The third kappa shape index (κ3) is 7.37. The van der Waals surface area contributed by atoms with Crippen molar-refractivity contribution in [2.45, 2.75) is 39.7 Å². The van der Waals surface area contributed by atoms with Gasteiger partial charge in [0.25, 0.3) is 0 Å². The number of nitrogens with one attached hydrogen (secondary N) is 2. The van der Waals surface area contributed by atoms with Crippen molar-refractivity contribution in [3.05, 3.63) is 0 Å². The van der Waals surface area contributed by atoms with Gasteiger partial charge >= 0.3 is 5.97 Å². The van der Waals surface area contributed by atoms with Crippen LogP contribution in [0.3, 0.4) is 0 Å². The summed E-state index contributed by atoms with van der Waals surface area (Å²) in [6.45, 7) is 4.32. The first-order valence-electron chi connectivity index (χ1n) is 5.61. The number of hydrogen-bond acceptors (Lipinski definition) is 5. The Hall–Kier alpha value is -1.92. The van der Waals surface area contributed by atoms with Crippen LogP contribution in [0, 0.1) is 0 Å².